The van der Waals surface area contributed by atoms with Crippen LogP contribution in [-0.2, 0) is 0 Å². The Hall–Kier alpha value is -3.79. The molecule has 28 heavy (non-hydrogen) atoms. The zero-order valence-corrected chi connectivity index (χ0v) is 15.2. The Morgan fingerprint density at radius 2 is 1.46 bits per heavy atom. The minimum absolute atomic E-state index is 0.00233. The molecule has 0 spiro atoms. The standard InChI is InChI=1S/C17H14ClN7O3/c1-19-15(26)11-12(23-8-22-11)16(27)24-9-2-4-10(5-3-9)25-17(28)13-14(18)21-7-6-20-13/h2-8H,1H3,(H,19,26)(H,22,23)(H,24,27)(H,25,28). The van der Waals surface area contributed by atoms with Gasteiger partial charge in [-0.1, -0.05) is 11.6 Å². The van der Waals surface area contributed by atoms with Gasteiger partial charge in [0, 0.05) is 30.8 Å². The minimum Gasteiger partial charge on any atom is -0.354 e. The van der Waals surface area contributed by atoms with Crippen molar-refractivity contribution in [2.45, 2.75) is 0 Å². The van der Waals surface area contributed by atoms with E-state index in [1.165, 1.54) is 25.8 Å². The van der Waals surface area contributed by atoms with Crippen molar-refractivity contribution in [2.75, 3.05) is 17.7 Å². The average Bonchev–Trinajstić information content (AvgIpc) is 3.19. The zero-order valence-electron chi connectivity index (χ0n) is 14.5. The second kappa shape index (κ2) is 8.27. The van der Waals surface area contributed by atoms with Crippen LogP contribution in [0.3, 0.4) is 0 Å². The first-order chi connectivity index (χ1) is 13.5. The van der Waals surface area contributed by atoms with E-state index < -0.39 is 17.7 Å². The molecule has 0 aliphatic rings. The van der Waals surface area contributed by atoms with Gasteiger partial charge in [0.1, 0.15) is 5.69 Å². The number of H-pyrrole nitrogens is 1. The van der Waals surface area contributed by atoms with E-state index in [1.807, 2.05) is 0 Å². The van der Waals surface area contributed by atoms with Gasteiger partial charge < -0.3 is 20.9 Å². The fraction of sp³-hybridized carbons (Fsp3) is 0.0588. The van der Waals surface area contributed by atoms with Gasteiger partial charge in [-0.3, -0.25) is 14.4 Å². The van der Waals surface area contributed by atoms with E-state index in [4.69, 9.17) is 11.6 Å². The molecule has 0 bridgehead atoms. The summed E-state index contributed by atoms with van der Waals surface area (Å²) < 4.78 is 0. The Morgan fingerprint density at radius 3 is 2.07 bits per heavy atom. The summed E-state index contributed by atoms with van der Waals surface area (Å²) in [5.74, 6) is -1.52. The van der Waals surface area contributed by atoms with Crippen LogP contribution < -0.4 is 16.0 Å². The molecule has 142 valence electrons. The third kappa shape index (κ3) is 4.13. The number of rotatable bonds is 5. The number of halogens is 1. The first-order valence-corrected chi connectivity index (χ1v) is 8.32. The topological polar surface area (TPSA) is 142 Å². The van der Waals surface area contributed by atoms with Crippen LogP contribution in [0.4, 0.5) is 11.4 Å². The van der Waals surface area contributed by atoms with Crippen molar-refractivity contribution in [3.8, 4) is 0 Å². The van der Waals surface area contributed by atoms with Gasteiger partial charge >= 0.3 is 0 Å². The molecule has 0 fully saturated rings. The number of imidazole rings is 1. The molecule has 3 aromatic rings. The lowest BCUT2D eigenvalue weighted by Gasteiger charge is -2.08. The molecule has 4 N–H and O–H groups in total. The third-order valence-electron chi connectivity index (χ3n) is 3.58. The van der Waals surface area contributed by atoms with Crippen LogP contribution in [-0.4, -0.2) is 44.7 Å². The maximum atomic E-state index is 12.3. The van der Waals surface area contributed by atoms with Crippen LogP contribution in [0.2, 0.25) is 5.15 Å². The third-order valence-corrected chi connectivity index (χ3v) is 3.85. The zero-order chi connectivity index (χ0) is 20.1. The Bertz CT molecular complexity index is 1030. The van der Waals surface area contributed by atoms with Crippen molar-refractivity contribution in [1.82, 2.24) is 25.3 Å². The van der Waals surface area contributed by atoms with E-state index in [-0.39, 0.29) is 22.2 Å². The Morgan fingerprint density at radius 1 is 0.857 bits per heavy atom. The van der Waals surface area contributed by atoms with Gasteiger partial charge in [0.15, 0.2) is 16.5 Å². The molecule has 0 saturated carbocycles. The molecule has 0 saturated heterocycles. The van der Waals surface area contributed by atoms with Crippen molar-refractivity contribution >= 4 is 40.7 Å². The number of carbonyl (C=O) groups is 3. The number of hydrogen-bond donors (Lipinski definition) is 4. The molecule has 0 unspecified atom stereocenters. The number of nitrogens with zero attached hydrogens (tertiary/aromatic N) is 3. The summed E-state index contributed by atoms with van der Waals surface area (Å²) >= 11 is 5.84. The molecule has 2 heterocycles. The largest absolute Gasteiger partial charge is 0.354 e. The highest BCUT2D eigenvalue weighted by molar-refractivity contribution is 6.32. The highest BCUT2D eigenvalue weighted by atomic mass is 35.5. The molecule has 2 aromatic heterocycles. The molecule has 0 atom stereocenters. The molecule has 0 aliphatic carbocycles. The Kier molecular flexibility index (Phi) is 5.61. The molecular weight excluding hydrogens is 386 g/mol. The first kappa shape index (κ1) is 19.0. The Balaban J connectivity index is 1.67. The number of hydrogen-bond acceptors (Lipinski definition) is 6. The summed E-state index contributed by atoms with van der Waals surface area (Å²) in [5, 5.41) is 7.67. The molecule has 0 radical (unpaired) electrons. The number of aromatic nitrogens is 4. The van der Waals surface area contributed by atoms with E-state index in [0.29, 0.717) is 11.4 Å². The molecule has 0 aliphatic heterocycles. The second-order valence-corrected chi connectivity index (χ2v) is 5.74. The van der Waals surface area contributed by atoms with Crippen LogP contribution in [0.15, 0.2) is 43.0 Å². The molecule has 11 heteroatoms. The van der Waals surface area contributed by atoms with E-state index in [9.17, 15) is 14.4 Å². The predicted molar refractivity (Wildman–Crippen MR) is 101 cm³/mol. The normalized spacial score (nSPS) is 10.2. The number of anilines is 2. The lowest BCUT2D eigenvalue weighted by Crippen LogP contribution is -2.23. The lowest BCUT2D eigenvalue weighted by atomic mass is 10.2. The molecular formula is C17H14ClN7O3. The van der Waals surface area contributed by atoms with Crippen LogP contribution in [0.1, 0.15) is 31.5 Å². The number of nitrogens with one attached hydrogen (secondary N) is 4. The summed E-state index contributed by atoms with van der Waals surface area (Å²) in [6.45, 7) is 0. The molecule has 3 rings (SSSR count). The highest BCUT2D eigenvalue weighted by Gasteiger charge is 2.19. The second-order valence-electron chi connectivity index (χ2n) is 5.39. The number of benzene rings is 1. The van der Waals surface area contributed by atoms with Gasteiger partial charge in [-0.05, 0) is 24.3 Å². The van der Waals surface area contributed by atoms with Gasteiger partial charge in [-0.15, -0.1) is 0 Å². The van der Waals surface area contributed by atoms with E-state index in [1.54, 1.807) is 24.3 Å². The quantitative estimate of drug-likeness (QED) is 0.514. The fourth-order valence-corrected chi connectivity index (χ4v) is 2.44. The molecule has 3 amide bonds. The van der Waals surface area contributed by atoms with Crippen LogP contribution in [0.5, 0.6) is 0 Å². The average molecular weight is 400 g/mol. The predicted octanol–water partition coefficient (Wildman–Crippen LogP) is 1.72. The van der Waals surface area contributed by atoms with Gasteiger partial charge in [0.2, 0.25) is 0 Å². The van der Waals surface area contributed by atoms with Gasteiger partial charge in [-0.2, -0.15) is 0 Å². The van der Waals surface area contributed by atoms with Gasteiger partial charge in [-0.25, -0.2) is 15.0 Å². The lowest BCUT2D eigenvalue weighted by molar-refractivity contribution is 0.0943. The highest BCUT2D eigenvalue weighted by Crippen LogP contribution is 2.17. The van der Waals surface area contributed by atoms with Crippen molar-refractivity contribution in [3.05, 3.63) is 65.2 Å². The maximum Gasteiger partial charge on any atom is 0.277 e. The van der Waals surface area contributed by atoms with Crippen molar-refractivity contribution in [2.24, 2.45) is 0 Å². The number of aromatic amines is 1. The summed E-state index contributed by atoms with van der Waals surface area (Å²) in [5.41, 5.74) is 0.955. The Labute approximate surface area is 163 Å². The van der Waals surface area contributed by atoms with Crippen molar-refractivity contribution in [1.29, 1.82) is 0 Å². The van der Waals surface area contributed by atoms with Crippen molar-refractivity contribution < 1.29 is 14.4 Å². The van der Waals surface area contributed by atoms with Gasteiger partial charge in [0.05, 0.1) is 6.33 Å². The number of amides is 3. The van der Waals surface area contributed by atoms with Crippen LogP contribution in [0, 0.1) is 0 Å². The monoisotopic (exact) mass is 399 g/mol. The van der Waals surface area contributed by atoms with E-state index >= 15 is 0 Å². The summed E-state index contributed by atoms with van der Waals surface area (Å²) in [6.07, 6.45) is 4.00. The van der Waals surface area contributed by atoms with E-state index in [0.717, 1.165) is 0 Å². The molecule has 1 aromatic carbocycles. The smallest absolute Gasteiger partial charge is 0.277 e. The summed E-state index contributed by atoms with van der Waals surface area (Å²) in [6, 6.07) is 6.35. The van der Waals surface area contributed by atoms with Crippen LogP contribution in [0.25, 0.3) is 0 Å². The number of carbonyl (C=O) groups excluding carboxylic acids is 3. The maximum absolute atomic E-state index is 12.3. The summed E-state index contributed by atoms with van der Waals surface area (Å²) in [7, 11) is 1.44. The molecule has 10 nitrogen and oxygen atoms in total. The first-order valence-electron chi connectivity index (χ1n) is 7.94. The SMILES string of the molecule is CNC(=O)c1nc[nH]c1C(=O)Nc1ccc(NC(=O)c2nccnc2Cl)cc1. The van der Waals surface area contributed by atoms with Crippen LogP contribution >= 0.6 is 11.6 Å². The van der Waals surface area contributed by atoms with Gasteiger partial charge in [0.25, 0.3) is 17.7 Å². The minimum atomic E-state index is -0.528. The van der Waals surface area contributed by atoms with E-state index in [2.05, 4.69) is 35.9 Å². The fourth-order valence-electron chi connectivity index (χ4n) is 2.25. The van der Waals surface area contributed by atoms with Crippen molar-refractivity contribution in [3.63, 3.8) is 0 Å². The summed E-state index contributed by atoms with van der Waals surface area (Å²) in [4.78, 5) is 50.4.